The van der Waals surface area contributed by atoms with Gasteiger partial charge in [-0.05, 0) is 31.6 Å². The molecule has 15 heavy (non-hydrogen) atoms. The molecule has 90 valence electrons. The zero-order chi connectivity index (χ0) is 11.1. The molecule has 1 aliphatic rings. The maximum Gasteiger partial charge on any atom is 0.0897 e. The van der Waals surface area contributed by atoms with E-state index in [0.29, 0.717) is 25.2 Å². The van der Waals surface area contributed by atoms with Gasteiger partial charge in [-0.3, -0.25) is 0 Å². The molecular weight excluding hydrogens is 190 g/mol. The van der Waals surface area contributed by atoms with Crippen LogP contribution in [0.3, 0.4) is 0 Å². The summed E-state index contributed by atoms with van der Waals surface area (Å²) in [5, 5.41) is 12.9. The van der Waals surface area contributed by atoms with Crippen molar-refractivity contribution in [1.29, 1.82) is 0 Å². The van der Waals surface area contributed by atoms with E-state index in [9.17, 15) is 5.11 Å². The Balaban J connectivity index is 2.00. The predicted molar refractivity (Wildman–Crippen MR) is 61.9 cm³/mol. The fourth-order valence-corrected chi connectivity index (χ4v) is 2.04. The van der Waals surface area contributed by atoms with Crippen molar-refractivity contribution in [2.75, 3.05) is 26.3 Å². The molecule has 0 radical (unpaired) electrons. The van der Waals surface area contributed by atoms with Crippen LogP contribution in [0.1, 0.15) is 39.5 Å². The number of hydrogen-bond donors (Lipinski definition) is 2. The number of rotatable bonds is 9. The van der Waals surface area contributed by atoms with Gasteiger partial charge in [0, 0.05) is 19.7 Å². The van der Waals surface area contributed by atoms with Gasteiger partial charge in [0.25, 0.3) is 0 Å². The van der Waals surface area contributed by atoms with E-state index in [0.717, 1.165) is 6.54 Å². The van der Waals surface area contributed by atoms with Crippen LogP contribution >= 0.6 is 0 Å². The first kappa shape index (κ1) is 12.9. The molecule has 0 aromatic rings. The van der Waals surface area contributed by atoms with Crippen LogP contribution in [0, 0.1) is 5.41 Å². The molecule has 1 rings (SSSR count). The lowest BCUT2D eigenvalue weighted by Crippen LogP contribution is -2.34. The SMILES string of the molecule is CCCC1(CNCC(O)COCC)CC1. The van der Waals surface area contributed by atoms with Gasteiger partial charge in [-0.15, -0.1) is 0 Å². The summed E-state index contributed by atoms with van der Waals surface area (Å²) in [6.45, 7) is 7.03. The summed E-state index contributed by atoms with van der Waals surface area (Å²) >= 11 is 0. The van der Waals surface area contributed by atoms with E-state index < -0.39 is 0 Å². The lowest BCUT2D eigenvalue weighted by Gasteiger charge is -2.17. The molecule has 2 N–H and O–H groups in total. The Morgan fingerprint density at radius 1 is 1.40 bits per heavy atom. The molecule has 1 aliphatic carbocycles. The van der Waals surface area contributed by atoms with E-state index in [-0.39, 0.29) is 6.10 Å². The van der Waals surface area contributed by atoms with Crippen LogP contribution in [0.2, 0.25) is 0 Å². The summed E-state index contributed by atoms with van der Waals surface area (Å²) in [6, 6.07) is 0. The number of aliphatic hydroxyl groups excluding tert-OH is 1. The zero-order valence-corrected chi connectivity index (χ0v) is 10.1. The van der Waals surface area contributed by atoms with Crippen LogP contribution < -0.4 is 5.32 Å². The van der Waals surface area contributed by atoms with Crippen molar-refractivity contribution in [2.24, 2.45) is 5.41 Å². The van der Waals surface area contributed by atoms with Crippen molar-refractivity contribution < 1.29 is 9.84 Å². The molecule has 0 amide bonds. The van der Waals surface area contributed by atoms with Crippen LogP contribution in [-0.2, 0) is 4.74 Å². The fraction of sp³-hybridized carbons (Fsp3) is 1.00. The second-order valence-electron chi connectivity index (χ2n) is 4.69. The number of ether oxygens (including phenoxy) is 1. The first-order chi connectivity index (χ1) is 7.22. The molecule has 1 atom stereocenters. The molecular formula is C12H25NO2. The molecule has 0 aromatic heterocycles. The third-order valence-electron chi connectivity index (χ3n) is 3.13. The molecule has 3 nitrogen and oxygen atoms in total. The van der Waals surface area contributed by atoms with Gasteiger partial charge < -0.3 is 15.2 Å². The summed E-state index contributed by atoms with van der Waals surface area (Å²) in [5.41, 5.74) is 0.570. The molecule has 1 saturated carbocycles. The van der Waals surface area contributed by atoms with Gasteiger partial charge in [-0.2, -0.15) is 0 Å². The molecule has 1 fully saturated rings. The zero-order valence-electron chi connectivity index (χ0n) is 10.1. The van der Waals surface area contributed by atoms with Crippen LogP contribution in [0.25, 0.3) is 0 Å². The van der Waals surface area contributed by atoms with E-state index in [1.807, 2.05) is 6.92 Å². The minimum absolute atomic E-state index is 0.359. The van der Waals surface area contributed by atoms with Crippen molar-refractivity contribution >= 4 is 0 Å². The molecule has 0 bridgehead atoms. The maximum atomic E-state index is 9.54. The average molecular weight is 215 g/mol. The first-order valence-corrected chi connectivity index (χ1v) is 6.19. The average Bonchev–Trinajstić information content (AvgIpc) is 2.96. The maximum absolute atomic E-state index is 9.54. The molecule has 0 spiro atoms. The Hall–Kier alpha value is -0.120. The summed E-state index contributed by atoms with van der Waals surface area (Å²) < 4.78 is 5.15. The molecule has 3 heteroatoms. The minimum Gasteiger partial charge on any atom is -0.389 e. The van der Waals surface area contributed by atoms with Gasteiger partial charge in [0.05, 0.1) is 12.7 Å². The molecule has 1 unspecified atom stereocenters. The van der Waals surface area contributed by atoms with Gasteiger partial charge >= 0.3 is 0 Å². The standard InChI is InChI=1S/C12H25NO2/c1-3-5-12(6-7-12)10-13-8-11(14)9-15-4-2/h11,13-14H,3-10H2,1-2H3. The van der Waals surface area contributed by atoms with Crippen LogP contribution in [0.15, 0.2) is 0 Å². The van der Waals surface area contributed by atoms with Crippen LogP contribution in [-0.4, -0.2) is 37.5 Å². The highest BCUT2D eigenvalue weighted by Crippen LogP contribution is 2.48. The Kier molecular flexibility index (Phi) is 5.58. The Morgan fingerprint density at radius 2 is 2.13 bits per heavy atom. The Bertz CT molecular complexity index is 169. The van der Waals surface area contributed by atoms with Crippen molar-refractivity contribution in [1.82, 2.24) is 5.32 Å². The molecule has 0 heterocycles. The highest BCUT2D eigenvalue weighted by atomic mass is 16.5. The van der Waals surface area contributed by atoms with Gasteiger partial charge in [0.1, 0.15) is 0 Å². The molecule has 0 aromatic carbocycles. The monoisotopic (exact) mass is 215 g/mol. The predicted octanol–water partition coefficient (Wildman–Crippen LogP) is 1.55. The van der Waals surface area contributed by atoms with Gasteiger partial charge in [0.15, 0.2) is 0 Å². The molecule has 0 saturated heterocycles. The largest absolute Gasteiger partial charge is 0.389 e. The Labute approximate surface area is 93.2 Å². The van der Waals surface area contributed by atoms with Crippen molar-refractivity contribution in [3.8, 4) is 0 Å². The Morgan fingerprint density at radius 3 is 2.67 bits per heavy atom. The highest BCUT2D eigenvalue weighted by molar-refractivity contribution is 4.94. The normalized spacial score (nSPS) is 20.2. The van der Waals surface area contributed by atoms with Crippen molar-refractivity contribution in [3.05, 3.63) is 0 Å². The van der Waals surface area contributed by atoms with Gasteiger partial charge in [0.2, 0.25) is 0 Å². The third-order valence-corrected chi connectivity index (χ3v) is 3.13. The number of nitrogens with one attached hydrogen (secondary N) is 1. The van der Waals surface area contributed by atoms with Gasteiger partial charge in [-0.1, -0.05) is 13.3 Å². The smallest absolute Gasteiger partial charge is 0.0897 e. The summed E-state index contributed by atoms with van der Waals surface area (Å²) in [6.07, 6.45) is 4.94. The highest BCUT2D eigenvalue weighted by Gasteiger charge is 2.40. The van der Waals surface area contributed by atoms with Crippen molar-refractivity contribution in [3.63, 3.8) is 0 Å². The quantitative estimate of drug-likeness (QED) is 0.613. The fourth-order valence-electron chi connectivity index (χ4n) is 2.04. The van der Waals surface area contributed by atoms with E-state index in [1.165, 1.54) is 25.7 Å². The third kappa shape index (κ3) is 4.96. The number of aliphatic hydroxyl groups is 1. The van der Waals surface area contributed by atoms with E-state index >= 15 is 0 Å². The first-order valence-electron chi connectivity index (χ1n) is 6.19. The summed E-state index contributed by atoms with van der Waals surface area (Å²) in [7, 11) is 0. The number of hydrogen-bond acceptors (Lipinski definition) is 3. The van der Waals surface area contributed by atoms with Gasteiger partial charge in [-0.25, -0.2) is 0 Å². The van der Waals surface area contributed by atoms with Crippen LogP contribution in [0.5, 0.6) is 0 Å². The lowest BCUT2D eigenvalue weighted by molar-refractivity contribution is 0.0422. The lowest BCUT2D eigenvalue weighted by atomic mass is 10.0. The summed E-state index contributed by atoms with van der Waals surface area (Å²) in [4.78, 5) is 0. The van der Waals surface area contributed by atoms with Crippen LogP contribution in [0.4, 0.5) is 0 Å². The second-order valence-corrected chi connectivity index (χ2v) is 4.69. The van der Waals surface area contributed by atoms with Crippen molar-refractivity contribution in [2.45, 2.75) is 45.6 Å². The van der Waals surface area contributed by atoms with E-state index in [1.54, 1.807) is 0 Å². The van der Waals surface area contributed by atoms with E-state index in [2.05, 4.69) is 12.2 Å². The molecule has 0 aliphatic heterocycles. The summed E-state index contributed by atoms with van der Waals surface area (Å²) in [5.74, 6) is 0. The second kappa shape index (κ2) is 6.46. The minimum atomic E-state index is -0.359. The van der Waals surface area contributed by atoms with E-state index in [4.69, 9.17) is 4.74 Å². The topological polar surface area (TPSA) is 41.5 Å².